The molecule has 0 saturated carbocycles. The first-order valence-corrected chi connectivity index (χ1v) is 8.49. The number of para-hydroxylation sites is 1. The van der Waals surface area contributed by atoms with Crippen LogP contribution in [0.15, 0.2) is 54.6 Å². The minimum Gasteiger partial charge on any atom is -0.368 e. The van der Waals surface area contributed by atoms with Crippen molar-refractivity contribution in [2.45, 2.75) is 6.04 Å². The third-order valence-corrected chi connectivity index (χ3v) is 4.83. The van der Waals surface area contributed by atoms with E-state index in [1.165, 1.54) is 11.4 Å². The Morgan fingerprint density at radius 3 is 1.92 bits per heavy atom. The first-order chi connectivity index (χ1) is 11.8. The largest absolute Gasteiger partial charge is 0.368 e. The van der Waals surface area contributed by atoms with E-state index in [4.69, 9.17) is 0 Å². The van der Waals surface area contributed by atoms with Crippen LogP contribution in [0.1, 0.15) is 11.6 Å². The van der Waals surface area contributed by atoms with Crippen LogP contribution in [0.3, 0.4) is 0 Å². The SMILES string of the molecule is O=C1NCC(c2ccc(N3CCN(c4ccccc4)CC3)cc2)N1. The number of hydrogen-bond acceptors (Lipinski definition) is 3. The first-order valence-electron chi connectivity index (χ1n) is 8.49. The summed E-state index contributed by atoms with van der Waals surface area (Å²) < 4.78 is 0. The quantitative estimate of drug-likeness (QED) is 0.912. The molecule has 0 aliphatic carbocycles. The predicted molar refractivity (Wildman–Crippen MR) is 96.6 cm³/mol. The third kappa shape index (κ3) is 3.02. The molecule has 5 nitrogen and oxygen atoms in total. The molecule has 5 heteroatoms. The summed E-state index contributed by atoms with van der Waals surface area (Å²) >= 11 is 0. The second-order valence-electron chi connectivity index (χ2n) is 6.31. The molecule has 124 valence electrons. The van der Waals surface area contributed by atoms with Gasteiger partial charge in [0.2, 0.25) is 0 Å². The Labute approximate surface area is 142 Å². The van der Waals surface area contributed by atoms with Crippen molar-refractivity contribution in [1.82, 2.24) is 10.6 Å². The molecular formula is C19H22N4O. The van der Waals surface area contributed by atoms with Gasteiger partial charge in [0, 0.05) is 44.1 Å². The Balaban J connectivity index is 1.38. The highest BCUT2D eigenvalue weighted by molar-refractivity contribution is 5.77. The molecule has 24 heavy (non-hydrogen) atoms. The lowest BCUT2D eigenvalue weighted by atomic mass is 10.1. The van der Waals surface area contributed by atoms with E-state index in [-0.39, 0.29) is 12.1 Å². The number of amides is 2. The van der Waals surface area contributed by atoms with Crippen LogP contribution in [0.5, 0.6) is 0 Å². The molecular weight excluding hydrogens is 300 g/mol. The summed E-state index contributed by atoms with van der Waals surface area (Å²) in [5.74, 6) is 0. The smallest absolute Gasteiger partial charge is 0.315 e. The van der Waals surface area contributed by atoms with Crippen molar-refractivity contribution in [2.75, 3.05) is 42.5 Å². The second-order valence-corrected chi connectivity index (χ2v) is 6.31. The number of nitrogens with zero attached hydrogens (tertiary/aromatic N) is 2. The summed E-state index contributed by atoms with van der Waals surface area (Å²) in [5, 5.41) is 5.72. The molecule has 2 fully saturated rings. The van der Waals surface area contributed by atoms with Gasteiger partial charge < -0.3 is 20.4 Å². The molecule has 0 aromatic heterocycles. The number of benzene rings is 2. The molecule has 2 aromatic rings. The van der Waals surface area contributed by atoms with Crippen molar-refractivity contribution >= 4 is 17.4 Å². The molecule has 2 saturated heterocycles. The van der Waals surface area contributed by atoms with Gasteiger partial charge in [0.15, 0.2) is 0 Å². The van der Waals surface area contributed by atoms with Gasteiger partial charge in [-0.1, -0.05) is 30.3 Å². The van der Waals surface area contributed by atoms with Crippen molar-refractivity contribution in [1.29, 1.82) is 0 Å². The lowest BCUT2D eigenvalue weighted by molar-refractivity contribution is 0.247. The summed E-state index contributed by atoms with van der Waals surface area (Å²) in [6.07, 6.45) is 0. The van der Waals surface area contributed by atoms with E-state index in [9.17, 15) is 4.79 Å². The van der Waals surface area contributed by atoms with Gasteiger partial charge >= 0.3 is 6.03 Å². The summed E-state index contributed by atoms with van der Waals surface area (Å²) in [6.45, 7) is 4.78. The van der Waals surface area contributed by atoms with Crippen LogP contribution in [0.2, 0.25) is 0 Å². The summed E-state index contributed by atoms with van der Waals surface area (Å²) in [4.78, 5) is 16.1. The standard InChI is InChI=1S/C19H22N4O/c24-19-20-14-18(21-19)15-6-8-17(9-7-15)23-12-10-22(11-13-23)16-4-2-1-3-5-16/h1-9,18H,10-14H2,(H2,20,21,24). The van der Waals surface area contributed by atoms with E-state index in [0.29, 0.717) is 6.54 Å². The van der Waals surface area contributed by atoms with Gasteiger partial charge in [0.25, 0.3) is 0 Å². The fourth-order valence-corrected chi connectivity index (χ4v) is 3.44. The lowest BCUT2D eigenvalue weighted by Gasteiger charge is -2.37. The van der Waals surface area contributed by atoms with Gasteiger partial charge in [-0.15, -0.1) is 0 Å². The van der Waals surface area contributed by atoms with Gasteiger partial charge in [-0.25, -0.2) is 4.79 Å². The molecule has 0 bridgehead atoms. The summed E-state index contributed by atoms with van der Waals surface area (Å²) in [6, 6.07) is 19.2. The van der Waals surface area contributed by atoms with Crippen molar-refractivity contribution in [3.8, 4) is 0 Å². The molecule has 0 radical (unpaired) electrons. The molecule has 1 unspecified atom stereocenters. The topological polar surface area (TPSA) is 47.6 Å². The van der Waals surface area contributed by atoms with E-state index in [0.717, 1.165) is 31.7 Å². The summed E-state index contributed by atoms with van der Waals surface area (Å²) in [5.41, 5.74) is 3.71. The van der Waals surface area contributed by atoms with Gasteiger partial charge in [-0.2, -0.15) is 0 Å². The normalized spacial score (nSPS) is 20.7. The van der Waals surface area contributed by atoms with Gasteiger partial charge in [0.1, 0.15) is 0 Å². The minimum atomic E-state index is -0.0823. The average molecular weight is 322 g/mol. The van der Waals surface area contributed by atoms with Crippen LogP contribution >= 0.6 is 0 Å². The molecule has 0 spiro atoms. The Morgan fingerprint density at radius 1 is 0.792 bits per heavy atom. The molecule has 1 atom stereocenters. The van der Waals surface area contributed by atoms with Gasteiger partial charge in [-0.05, 0) is 29.8 Å². The number of rotatable bonds is 3. The van der Waals surface area contributed by atoms with Crippen LogP contribution < -0.4 is 20.4 Å². The van der Waals surface area contributed by atoms with E-state index in [1.807, 2.05) is 0 Å². The van der Waals surface area contributed by atoms with E-state index in [2.05, 4.69) is 75.0 Å². The zero-order chi connectivity index (χ0) is 16.4. The fourth-order valence-electron chi connectivity index (χ4n) is 3.44. The third-order valence-electron chi connectivity index (χ3n) is 4.83. The number of nitrogens with one attached hydrogen (secondary N) is 2. The van der Waals surface area contributed by atoms with E-state index >= 15 is 0 Å². The first kappa shape index (κ1) is 14.9. The van der Waals surface area contributed by atoms with E-state index in [1.54, 1.807) is 0 Å². The summed E-state index contributed by atoms with van der Waals surface area (Å²) in [7, 11) is 0. The highest BCUT2D eigenvalue weighted by Crippen LogP contribution is 2.23. The van der Waals surface area contributed by atoms with Crippen LogP contribution in [0.25, 0.3) is 0 Å². The minimum absolute atomic E-state index is 0.0823. The highest BCUT2D eigenvalue weighted by atomic mass is 16.2. The molecule has 2 N–H and O–H groups in total. The molecule has 4 rings (SSSR count). The highest BCUT2D eigenvalue weighted by Gasteiger charge is 2.22. The zero-order valence-electron chi connectivity index (χ0n) is 13.6. The molecule has 2 aromatic carbocycles. The predicted octanol–water partition coefficient (Wildman–Crippen LogP) is 2.37. The van der Waals surface area contributed by atoms with Crippen molar-refractivity contribution in [3.63, 3.8) is 0 Å². The number of anilines is 2. The Morgan fingerprint density at radius 2 is 1.38 bits per heavy atom. The van der Waals surface area contributed by atoms with Crippen LogP contribution in [0.4, 0.5) is 16.2 Å². The number of hydrogen-bond donors (Lipinski definition) is 2. The van der Waals surface area contributed by atoms with Gasteiger partial charge in [0.05, 0.1) is 6.04 Å². The molecule has 2 amide bonds. The molecule has 2 aliphatic rings. The van der Waals surface area contributed by atoms with Crippen LogP contribution in [-0.2, 0) is 0 Å². The maximum Gasteiger partial charge on any atom is 0.315 e. The number of carbonyl (C=O) groups is 1. The van der Waals surface area contributed by atoms with Gasteiger partial charge in [-0.3, -0.25) is 0 Å². The van der Waals surface area contributed by atoms with Crippen LogP contribution in [-0.4, -0.2) is 38.8 Å². The fraction of sp³-hybridized carbons (Fsp3) is 0.316. The number of piperazine rings is 1. The second kappa shape index (κ2) is 6.43. The Bertz CT molecular complexity index is 693. The van der Waals surface area contributed by atoms with Crippen molar-refractivity contribution in [2.24, 2.45) is 0 Å². The average Bonchev–Trinajstić information content (AvgIpc) is 3.09. The lowest BCUT2D eigenvalue weighted by Crippen LogP contribution is -2.46. The molecule has 2 heterocycles. The van der Waals surface area contributed by atoms with E-state index < -0.39 is 0 Å². The Kier molecular flexibility index (Phi) is 3.99. The maximum absolute atomic E-state index is 11.3. The monoisotopic (exact) mass is 322 g/mol. The number of urea groups is 1. The van der Waals surface area contributed by atoms with Crippen molar-refractivity contribution in [3.05, 3.63) is 60.2 Å². The van der Waals surface area contributed by atoms with Crippen LogP contribution in [0, 0.1) is 0 Å². The maximum atomic E-state index is 11.3. The van der Waals surface area contributed by atoms with Crippen molar-refractivity contribution < 1.29 is 4.79 Å². The molecule has 2 aliphatic heterocycles. The zero-order valence-corrected chi connectivity index (χ0v) is 13.6. The number of carbonyl (C=O) groups excluding carboxylic acids is 1. The Hall–Kier alpha value is -2.69.